The molecule has 100 valence electrons. The van der Waals surface area contributed by atoms with Crippen molar-refractivity contribution in [3.63, 3.8) is 0 Å². The van der Waals surface area contributed by atoms with Crippen LogP contribution in [0.2, 0.25) is 0 Å². The van der Waals surface area contributed by atoms with Crippen LogP contribution in [-0.4, -0.2) is 15.6 Å². The summed E-state index contributed by atoms with van der Waals surface area (Å²) in [5, 5.41) is 3.61. The van der Waals surface area contributed by atoms with Crippen molar-refractivity contribution < 1.29 is 0 Å². The molecule has 1 fully saturated rings. The first-order valence-electron chi connectivity index (χ1n) is 7.13. The first-order chi connectivity index (χ1) is 9.28. The summed E-state index contributed by atoms with van der Waals surface area (Å²) in [5.41, 5.74) is 3.93. The molecule has 0 radical (unpaired) electrons. The van der Waals surface area contributed by atoms with E-state index < -0.39 is 0 Å². The summed E-state index contributed by atoms with van der Waals surface area (Å²) in [5.74, 6) is 1.12. The Balaban J connectivity index is 1.94. The van der Waals surface area contributed by atoms with Gasteiger partial charge >= 0.3 is 0 Å². The van der Waals surface area contributed by atoms with Crippen molar-refractivity contribution in [2.24, 2.45) is 0 Å². The van der Waals surface area contributed by atoms with E-state index >= 15 is 0 Å². The summed E-state index contributed by atoms with van der Waals surface area (Å²) in [6, 6.07) is 7.40. The molecule has 0 unspecified atom stereocenters. The molecule has 0 saturated heterocycles. The Bertz CT molecular complexity index is 567. The van der Waals surface area contributed by atoms with Crippen LogP contribution in [-0.2, 0) is 13.0 Å². The molecule has 3 nitrogen and oxygen atoms in total. The van der Waals surface area contributed by atoms with Crippen LogP contribution in [0, 0.1) is 6.92 Å². The quantitative estimate of drug-likeness (QED) is 0.890. The number of imidazole rings is 1. The molecule has 0 aliphatic heterocycles. The molecule has 1 N–H and O–H groups in total. The van der Waals surface area contributed by atoms with Gasteiger partial charge in [-0.1, -0.05) is 24.6 Å². The fraction of sp³-hybridized carbons (Fsp3) is 0.438. The monoisotopic (exact) mass is 255 g/mol. The highest BCUT2D eigenvalue weighted by Crippen LogP contribution is 2.22. The van der Waals surface area contributed by atoms with Gasteiger partial charge in [-0.2, -0.15) is 0 Å². The molecule has 0 amide bonds. The number of benzene rings is 1. The topological polar surface area (TPSA) is 29.9 Å². The van der Waals surface area contributed by atoms with E-state index in [2.05, 4.69) is 53.1 Å². The Hall–Kier alpha value is -1.61. The third-order valence-electron chi connectivity index (χ3n) is 3.69. The molecule has 19 heavy (non-hydrogen) atoms. The van der Waals surface area contributed by atoms with Crippen LogP contribution in [0.5, 0.6) is 0 Å². The van der Waals surface area contributed by atoms with Crippen molar-refractivity contribution in [3.05, 3.63) is 47.5 Å². The molecule has 1 aromatic heterocycles. The highest BCUT2D eigenvalue weighted by Gasteiger charge is 2.20. The maximum Gasteiger partial charge on any atom is 0.112 e. The minimum Gasteiger partial charge on any atom is -0.310 e. The van der Waals surface area contributed by atoms with Gasteiger partial charge < -0.3 is 9.88 Å². The first-order valence-corrected chi connectivity index (χ1v) is 7.13. The van der Waals surface area contributed by atoms with Crippen molar-refractivity contribution >= 4 is 0 Å². The number of rotatable bonds is 5. The first kappa shape index (κ1) is 12.4. The molecule has 0 atom stereocenters. The zero-order chi connectivity index (χ0) is 13.2. The van der Waals surface area contributed by atoms with Gasteiger partial charge in [-0.25, -0.2) is 4.98 Å². The van der Waals surface area contributed by atoms with Crippen LogP contribution in [0.3, 0.4) is 0 Å². The molecule has 1 saturated carbocycles. The predicted molar refractivity (Wildman–Crippen MR) is 77.5 cm³/mol. The minimum absolute atomic E-state index is 0.738. The van der Waals surface area contributed by atoms with Gasteiger partial charge in [0, 0.05) is 31.4 Å². The number of nitrogens with one attached hydrogen (secondary N) is 1. The second kappa shape index (κ2) is 5.17. The third-order valence-corrected chi connectivity index (χ3v) is 3.69. The standard InChI is InChI=1S/C16H21N3/c1-3-16-17-8-9-19(16)15-7-4-12(2)10-13(15)11-18-14-5-6-14/h4,7-10,14,18H,3,5-6,11H2,1-2H3. The zero-order valence-electron chi connectivity index (χ0n) is 11.7. The Morgan fingerprint density at radius 1 is 1.37 bits per heavy atom. The van der Waals surface area contributed by atoms with Crippen LogP contribution in [0.25, 0.3) is 5.69 Å². The smallest absolute Gasteiger partial charge is 0.112 e. The number of hydrogen-bond donors (Lipinski definition) is 1. The number of aryl methyl sites for hydroxylation is 2. The molecule has 1 heterocycles. The van der Waals surface area contributed by atoms with E-state index in [1.807, 2.05) is 6.20 Å². The van der Waals surface area contributed by atoms with Crippen molar-refractivity contribution in [1.82, 2.24) is 14.9 Å². The zero-order valence-corrected chi connectivity index (χ0v) is 11.7. The van der Waals surface area contributed by atoms with Crippen LogP contribution >= 0.6 is 0 Å². The third kappa shape index (κ3) is 2.71. The van der Waals surface area contributed by atoms with Gasteiger partial charge in [0.1, 0.15) is 5.82 Å². The lowest BCUT2D eigenvalue weighted by Crippen LogP contribution is -2.17. The highest BCUT2D eigenvalue weighted by molar-refractivity contribution is 5.44. The molecule has 3 rings (SSSR count). The predicted octanol–water partition coefficient (Wildman–Crippen LogP) is 3.00. The van der Waals surface area contributed by atoms with E-state index in [1.54, 1.807) is 0 Å². The molecule has 2 aromatic rings. The van der Waals surface area contributed by atoms with E-state index in [0.29, 0.717) is 0 Å². The average molecular weight is 255 g/mol. The maximum atomic E-state index is 4.42. The van der Waals surface area contributed by atoms with Crippen LogP contribution in [0.1, 0.15) is 36.7 Å². The largest absolute Gasteiger partial charge is 0.310 e. The molecule has 1 aliphatic carbocycles. The number of nitrogens with zero attached hydrogens (tertiary/aromatic N) is 2. The van der Waals surface area contributed by atoms with E-state index in [1.165, 1.54) is 29.7 Å². The Morgan fingerprint density at radius 2 is 2.21 bits per heavy atom. The van der Waals surface area contributed by atoms with Gasteiger partial charge in [0.25, 0.3) is 0 Å². The molecule has 3 heteroatoms. The van der Waals surface area contributed by atoms with E-state index in [0.717, 1.165) is 24.8 Å². The van der Waals surface area contributed by atoms with Crippen molar-refractivity contribution in [2.45, 2.75) is 45.7 Å². The second-order valence-electron chi connectivity index (χ2n) is 5.35. The Labute approximate surface area is 114 Å². The van der Waals surface area contributed by atoms with Gasteiger partial charge in [-0.3, -0.25) is 0 Å². The van der Waals surface area contributed by atoms with Gasteiger partial charge in [-0.05, 0) is 31.4 Å². The highest BCUT2D eigenvalue weighted by atomic mass is 15.1. The Kier molecular flexibility index (Phi) is 3.38. The van der Waals surface area contributed by atoms with Gasteiger partial charge in [0.15, 0.2) is 0 Å². The van der Waals surface area contributed by atoms with Gasteiger partial charge in [-0.15, -0.1) is 0 Å². The second-order valence-corrected chi connectivity index (χ2v) is 5.35. The molecule has 0 spiro atoms. The van der Waals surface area contributed by atoms with Crippen LogP contribution in [0.15, 0.2) is 30.6 Å². The SMILES string of the molecule is CCc1nccn1-c1ccc(C)cc1CNC1CC1. The van der Waals surface area contributed by atoms with Crippen molar-refractivity contribution in [3.8, 4) is 5.69 Å². The fourth-order valence-corrected chi connectivity index (χ4v) is 2.45. The normalized spacial score (nSPS) is 14.8. The van der Waals surface area contributed by atoms with Gasteiger partial charge in [0.2, 0.25) is 0 Å². The average Bonchev–Trinajstić information content (AvgIpc) is 3.13. The summed E-state index contributed by atoms with van der Waals surface area (Å²) >= 11 is 0. The molecular formula is C16H21N3. The summed E-state index contributed by atoms with van der Waals surface area (Å²) in [4.78, 5) is 4.42. The Morgan fingerprint density at radius 3 is 2.95 bits per heavy atom. The summed E-state index contributed by atoms with van der Waals surface area (Å²) in [6.45, 7) is 5.25. The van der Waals surface area contributed by atoms with Crippen molar-refractivity contribution in [1.29, 1.82) is 0 Å². The lowest BCUT2D eigenvalue weighted by molar-refractivity contribution is 0.683. The summed E-state index contributed by atoms with van der Waals surface area (Å²) in [6.07, 6.45) is 7.55. The van der Waals surface area contributed by atoms with E-state index in [9.17, 15) is 0 Å². The lowest BCUT2D eigenvalue weighted by atomic mass is 10.1. The number of aromatic nitrogens is 2. The molecule has 0 bridgehead atoms. The van der Waals surface area contributed by atoms with Crippen molar-refractivity contribution in [2.75, 3.05) is 0 Å². The van der Waals surface area contributed by atoms with E-state index in [-0.39, 0.29) is 0 Å². The van der Waals surface area contributed by atoms with E-state index in [4.69, 9.17) is 0 Å². The summed E-state index contributed by atoms with van der Waals surface area (Å²) in [7, 11) is 0. The van der Waals surface area contributed by atoms with Gasteiger partial charge in [0.05, 0.1) is 5.69 Å². The molecular weight excluding hydrogens is 234 g/mol. The molecule has 1 aromatic carbocycles. The lowest BCUT2D eigenvalue weighted by Gasteiger charge is -2.14. The summed E-state index contributed by atoms with van der Waals surface area (Å²) < 4.78 is 2.21. The molecule has 1 aliphatic rings. The van der Waals surface area contributed by atoms with Crippen LogP contribution < -0.4 is 5.32 Å². The fourth-order valence-electron chi connectivity index (χ4n) is 2.45. The maximum absolute atomic E-state index is 4.42. The number of hydrogen-bond acceptors (Lipinski definition) is 2. The van der Waals surface area contributed by atoms with Crippen LogP contribution in [0.4, 0.5) is 0 Å². The minimum atomic E-state index is 0.738.